The Hall–Kier alpha value is -3.47. The number of hydrogen-bond donors (Lipinski definition) is 2. The van der Waals surface area contributed by atoms with Crippen molar-refractivity contribution >= 4 is 35.1 Å². The molecule has 2 N–H and O–H groups in total. The molecule has 1 atom stereocenters. The van der Waals surface area contributed by atoms with Crippen LogP contribution < -0.4 is 25.0 Å². The lowest BCUT2D eigenvalue weighted by Gasteiger charge is -2.30. The Labute approximate surface area is 178 Å². The summed E-state index contributed by atoms with van der Waals surface area (Å²) in [4.78, 5) is 38.0. The number of carbonyl (C=O) groups is 3. The molecule has 2 aromatic carbocycles. The first-order chi connectivity index (χ1) is 14.5. The maximum absolute atomic E-state index is 14.0. The van der Waals surface area contributed by atoms with E-state index < -0.39 is 29.7 Å². The van der Waals surface area contributed by atoms with Gasteiger partial charge in [-0.25, -0.2) is 9.69 Å². The van der Waals surface area contributed by atoms with Crippen LogP contribution in [0.2, 0.25) is 5.02 Å². The molecule has 1 heterocycles. The van der Waals surface area contributed by atoms with Crippen molar-refractivity contribution in [2.24, 2.45) is 0 Å². The van der Waals surface area contributed by atoms with Crippen molar-refractivity contribution in [3.05, 3.63) is 53.1 Å². The molecule has 1 aliphatic rings. The van der Waals surface area contributed by atoms with Crippen LogP contribution in [0.15, 0.2) is 42.5 Å². The Kier molecular flexibility index (Phi) is 5.72. The average molecular weight is 458 g/mol. The van der Waals surface area contributed by atoms with E-state index in [9.17, 15) is 27.6 Å². The molecule has 0 unspecified atom stereocenters. The topological polar surface area (TPSA) is 97.0 Å². The van der Waals surface area contributed by atoms with Gasteiger partial charge >= 0.3 is 12.2 Å². The predicted molar refractivity (Wildman–Crippen MR) is 103 cm³/mol. The number of hydrogen-bond acceptors (Lipinski definition) is 5. The normalized spacial score (nSPS) is 18.6. The number of benzene rings is 2. The summed E-state index contributed by atoms with van der Waals surface area (Å²) in [6.45, 7) is 0. The zero-order chi connectivity index (χ0) is 23.0. The number of nitrogens with zero attached hydrogens (tertiary/aromatic N) is 1. The van der Waals surface area contributed by atoms with Gasteiger partial charge in [0.25, 0.3) is 17.5 Å². The average Bonchev–Trinajstić information content (AvgIpc) is 2.97. The van der Waals surface area contributed by atoms with Gasteiger partial charge in [0.05, 0.1) is 19.9 Å². The third kappa shape index (κ3) is 3.83. The van der Waals surface area contributed by atoms with Crippen LogP contribution >= 0.6 is 11.6 Å². The Morgan fingerprint density at radius 3 is 2.35 bits per heavy atom. The number of methoxy groups -OCH3 is 2. The summed E-state index contributed by atoms with van der Waals surface area (Å²) in [6.07, 6.45) is -5.36. The lowest BCUT2D eigenvalue weighted by Crippen LogP contribution is -2.69. The van der Waals surface area contributed by atoms with Gasteiger partial charge in [-0.2, -0.15) is 13.2 Å². The van der Waals surface area contributed by atoms with E-state index in [0.717, 1.165) is 12.1 Å². The summed E-state index contributed by atoms with van der Waals surface area (Å²) in [7, 11) is 2.62. The summed E-state index contributed by atoms with van der Waals surface area (Å²) in [5, 5.41) is 3.27. The molecule has 0 bridgehead atoms. The molecular weight excluding hydrogens is 443 g/mol. The molecule has 0 saturated carbocycles. The Morgan fingerprint density at radius 1 is 1.10 bits per heavy atom. The molecule has 0 radical (unpaired) electrons. The molecule has 164 valence electrons. The quantitative estimate of drug-likeness (QED) is 0.672. The molecule has 1 saturated heterocycles. The molecule has 1 fully saturated rings. The standard InChI is InChI=1S/C19H15ClF3N3O5/c1-30-13-7-6-10(8-14(13)31-2)15(27)24-18(19(21,22)23)16(28)26(17(29)25-18)12-5-3-4-11(20)9-12/h3-9H,1-2H3,(H,24,27)(H,25,29)/t18-/m0/s1. The molecule has 0 aliphatic carbocycles. The van der Waals surface area contributed by atoms with E-state index in [4.69, 9.17) is 21.1 Å². The van der Waals surface area contributed by atoms with Crippen molar-refractivity contribution in [3.63, 3.8) is 0 Å². The second-order valence-electron chi connectivity index (χ2n) is 6.32. The number of alkyl halides is 3. The van der Waals surface area contributed by atoms with Crippen LogP contribution in [0.1, 0.15) is 10.4 Å². The van der Waals surface area contributed by atoms with E-state index in [0.29, 0.717) is 0 Å². The zero-order valence-electron chi connectivity index (χ0n) is 16.0. The van der Waals surface area contributed by atoms with Crippen LogP contribution in [-0.2, 0) is 4.79 Å². The summed E-state index contributed by atoms with van der Waals surface area (Å²) in [5.41, 5.74) is -4.14. The van der Waals surface area contributed by atoms with E-state index in [1.165, 1.54) is 44.6 Å². The lowest BCUT2D eigenvalue weighted by atomic mass is 10.1. The maximum atomic E-state index is 14.0. The molecule has 1 aliphatic heterocycles. The highest BCUT2D eigenvalue weighted by Gasteiger charge is 2.69. The van der Waals surface area contributed by atoms with Crippen molar-refractivity contribution < 1.29 is 37.0 Å². The minimum atomic E-state index is -5.36. The van der Waals surface area contributed by atoms with Crippen molar-refractivity contribution in [2.75, 3.05) is 19.1 Å². The third-order valence-corrected chi connectivity index (χ3v) is 4.69. The van der Waals surface area contributed by atoms with E-state index >= 15 is 0 Å². The largest absolute Gasteiger partial charge is 0.493 e. The number of carbonyl (C=O) groups excluding carboxylic acids is 3. The molecule has 0 aromatic heterocycles. The highest BCUT2D eigenvalue weighted by molar-refractivity contribution is 6.31. The van der Waals surface area contributed by atoms with Gasteiger partial charge in [-0.3, -0.25) is 14.9 Å². The van der Waals surface area contributed by atoms with E-state index in [1.54, 1.807) is 10.6 Å². The predicted octanol–water partition coefficient (Wildman–Crippen LogP) is 3.10. The van der Waals surface area contributed by atoms with E-state index in [1.807, 2.05) is 0 Å². The van der Waals surface area contributed by atoms with E-state index in [-0.39, 0.29) is 32.7 Å². The number of anilines is 1. The summed E-state index contributed by atoms with van der Waals surface area (Å²) < 4.78 is 52.0. The van der Waals surface area contributed by atoms with Gasteiger partial charge in [0.2, 0.25) is 0 Å². The SMILES string of the molecule is COc1ccc(C(=O)N[C@]2(C(F)(F)F)NC(=O)N(c3cccc(Cl)c3)C2=O)cc1OC. The number of imide groups is 1. The zero-order valence-corrected chi connectivity index (χ0v) is 16.8. The number of urea groups is 1. The van der Waals surface area contributed by atoms with Gasteiger partial charge in [-0.05, 0) is 36.4 Å². The molecule has 31 heavy (non-hydrogen) atoms. The lowest BCUT2D eigenvalue weighted by molar-refractivity contribution is -0.197. The molecule has 4 amide bonds. The molecule has 0 spiro atoms. The van der Waals surface area contributed by atoms with E-state index in [2.05, 4.69) is 0 Å². The second-order valence-corrected chi connectivity index (χ2v) is 6.76. The summed E-state index contributed by atoms with van der Waals surface area (Å²) in [5.74, 6) is -2.69. The Balaban J connectivity index is 2.00. The minimum Gasteiger partial charge on any atom is -0.493 e. The number of rotatable bonds is 5. The highest BCUT2D eigenvalue weighted by Crippen LogP contribution is 2.37. The second kappa shape index (κ2) is 7.99. The van der Waals surface area contributed by atoms with Crippen molar-refractivity contribution in [3.8, 4) is 11.5 Å². The molecular formula is C19H15ClF3N3O5. The fourth-order valence-electron chi connectivity index (χ4n) is 2.95. The first-order valence-electron chi connectivity index (χ1n) is 8.57. The van der Waals surface area contributed by atoms with Crippen LogP contribution in [0.3, 0.4) is 0 Å². The number of halogens is 4. The first kappa shape index (κ1) is 22.2. The van der Waals surface area contributed by atoms with Gasteiger partial charge < -0.3 is 14.8 Å². The maximum Gasteiger partial charge on any atom is 0.440 e. The fourth-order valence-corrected chi connectivity index (χ4v) is 3.13. The van der Waals surface area contributed by atoms with Crippen LogP contribution in [0.5, 0.6) is 11.5 Å². The van der Waals surface area contributed by atoms with Gasteiger partial charge in [-0.15, -0.1) is 0 Å². The number of ether oxygens (including phenoxy) is 2. The van der Waals surface area contributed by atoms with Gasteiger partial charge in [0.15, 0.2) is 11.5 Å². The van der Waals surface area contributed by atoms with Gasteiger partial charge in [0, 0.05) is 10.6 Å². The molecule has 8 nitrogen and oxygen atoms in total. The summed E-state index contributed by atoms with van der Waals surface area (Å²) in [6, 6.07) is 7.38. The van der Waals surface area contributed by atoms with Gasteiger partial charge in [0.1, 0.15) is 0 Å². The number of nitrogens with one attached hydrogen (secondary N) is 2. The summed E-state index contributed by atoms with van der Waals surface area (Å²) >= 11 is 5.81. The Morgan fingerprint density at radius 2 is 1.77 bits per heavy atom. The Bertz CT molecular complexity index is 1060. The molecule has 3 rings (SSSR count). The smallest absolute Gasteiger partial charge is 0.440 e. The highest BCUT2D eigenvalue weighted by atomic mass is 35.5. The van der Waals surface area contributed by atoms with Crippen LogP contribution in [0.25, 0.3) is 0 Å². The van der Waals surface area contributed by atoms with Crippen molar-refractivity contribution in [1.29, 1.82) is 0 Å². The third-order valence-electron chi connectivity index (χ3n) is 4.46. The van der Waals surface area contributed by atoms with Crippen molar-refractivity contribution in [2.45, 2.75) is 11.8 Å². The van der Waals surface area contributed by atoms with Crippen LogP contribution in [0, 0.1) is 0 Å². The fraction of sp³-hybridized carbons (Fsp3) is 0.211. The number of amides is 4. The minimum absolute atomic E-state index is 0.0820. The van der Waals surface area contributed by atoms with Crippen molar-refractivity contribution in [1.82, 2.24) is 10.6 Å². The molecule has 2 aromatic rings. The van der Waals surface area contributed by atoms with Crippen LogP contribution in [0.4, 0.5) is 23.7 Å². The first-order valence-corrected chi connectivity index (χ1v) is 8.95. The molecule has 12 heteroatoms. The monoisotopic (exact) mass is 457 g/mol. The van der Waals surface area contributed by atoms with Crippen LogP contribution in [-0.4, -0.2) is 43.9 Å². The van der Waals surface area contributed by atoms with Gasteiger partial charge in [-0.1, -0.05) is 17.7 Å².